The molecular weight excluding hydrogens is 383 g/mol. The van der Waals surface area contributed by atoms with Crippen LogP contribution in [0.25, 0.3) is 0 Å². The fraction of sp³-hybridized carbons (Fsp3) is 0.158. The predicted molar refractivity (Wildman–Crippen MR) is 97.4 cm³/mol. The minimum Gasteiger partial charge on any atom is -0.307 e. The van der Waals surface area contributed by atoms with E-state index in [1.54, 1.807) is 0 Å². The number of carbonyl (C=O) groups excluding carboxylic acids is 3. The number of nitro groups is 1. The molecule has 1 aliphatic rings. The molecule has 0 aromatic heterocycles. The van der Waals surface area contributed by atoms with Crippen molar-refractivity contribution in [2.45, 2.75) is 6.42 Å². The highest BCUT2D eigenvalue weighted by Crippen LogP contribution is 2.31. The third kappa shape index (κ3) is 3.53. The standard InChI is InChI=1S/C19H13FN4O5/c20-13-6-1-2-7-14(13)22(10-4-9-21)16(25)11-23-18(26)12-5-3-8-15(24(28)29)17(12)19(23)27/h1-3,5-8H,4,10-11H2. The van der Waals surface area contributed by atoms with Crippen molar-refractivity contribution < 1.29 is 23.7 Å². The first-order chi connectivity index (χ1) is 13.9. The van der Waals surface area contributed by atoms with Gasteiger partial charge in [0.05, 0.1) is 28.7 Å². The molecule has 29 heavy (non-hydrogen) atoms. The smallest absolute Gasteiger partial charge is 0.282 e. The Morgan fingerprint density at radius 2 is 1.90 bits per heavy atom. The Morgan fingerprint density at radius 3 is 2.55 bits per heavy atom. The molecule has 0 fully saturated rings. The van der Waals surface area contributed by atoms with E-state index in [1.165, 1.54) is 30.3 Å². The van der Waals surface area contributed by atoms with Crippen LogP contribution in [0.3, 0.4) is 0 Å². The van der Waals surface area contributed by atoms with Gasteiger partial charge < -0.3 is 4.90 Å². The van der Waals surface area contributed by atoms with Gasteiger partial charge in [-0.25, -0.2) is 4.39 Å². The fourth-order valence-corrected chi connectivity index (χ4v) is 3.04. The first-order valence-corrected chi connectivity index (χ1v) is 8.42. The maximum absolute atomic E-state index is 14.2. The first kappa shape index (κ1) is 19.6. The Kier molecular flexibility index (Phi) is 5.32. The number of benzene rings is 2. The molecule has 0 saturated heterocycles. The van der Waals surface area contributed by atoms with Crippen LogP contribution in [0, 0.1) is 27.3 Å². The molecule has 1 heterocycles. The van der Waals surface area contributed by atoms with E-state index >= 15 is 0 Å². The van der Waals surface area contributed by atoms with E-state index in [2.05, 4.69) is 0 Å². The molecule has 0 bridgehead atoms. The summed E-state index contributed by atoms with van der Waals surface area (Å²) < 4.78 is 14.2. The molecule has 3 rings (SSSR count). The summed E-state index contributed by atoms with van der Waals surface area (Å²) in [6, 6.07) is 10.9. The highest BCUT2D eigenvalue weighted by molar-refractivity contribution is 6.24. The highest BCUT2D eigenvalue weighted by Gasteiger charge is 2.42. The molecule has 2 aromatic rings. The maximum Gasteiger partial charge on any atom is 0.282 e. The number of fused-ring (bicyclic) bond motifs is 1. The number of nitro benzene ring substituents is 1. The summed E-state index contributed by atoms with van der Waals surface area (Å²) in [7, 11) is 0. The number of hydrogen-bond acceptors (Lipinski definition) is 6. The van der Waals surface area contributed by atoms with Crippen molar-refractivity contribution in [1.29, 1.82) is 5.26 Å². The topological polar surface area (TPSA) is 125 Å². The van der Waals surface area contributed by atoms with Crippen LogP contribution < -0.4 is 4.90 Å². The second-order valence-electron chi connectivity index (χ2n) is 6.06. The van der Waals surface area contributed by atoms with E-state index in [4.69, 9.17) is 5.26 Å². The fourth-order valence-electron chi connectivity index (χ4n) is 3.04. The second-order valence-corrected chi connectivity index (χ2v) is 6.06. The van der Waals surface area contributed by atoms with Gasteiger partial charge in [0.15, 0.2) is 0 Å². The predicted octanol–water partition coefficient (Wildman–Crippen LogP) is 2.28. The van der Waals surface area contributed by atoms with Crippen LogP contribution in [0.5, 0.6) is 0 Å². The summed E-state index contributed by atoms with van der Waals surface area (Å²) >= 11 is 0. The molecule has 146 valence electrons. The Labute approximate surface area is 163 Å². The molecule has 0 N–H and O–H groups in total. The van der Waals surface area contributed by atoms with Gasteiger partial charge in [0, 0.05) is 12.6 Å². The van der Waals surface area contributed by atoms with Crippen LogP contribution in [0.15, 0.2) is 42.5 Å². The Hall–Kier alpha value is -4.13. The monoisotopic (exact) mass is 396 g/mol. The summed E-state index contributed by atoms with van der Waals surface area (Å²) in [5.41, 5.74) is -1.20. The molecule has 0 atom stereocenters. The van der Waals surface area contributed by atoms with Crippen molar-refractivity contribution in [3.8, 4) is 6.07 Å². The quantitative estimate of drug-likeness (QED) is 0.419. The molecule has 1 aliphatic heterocycles. The molecule has 0 aliphatic carbocycles. The SMILES string of the molecule is N#CCCN(C(=O)CN1C(=O)c2cccc([N+](=O)[O-])c2C1=O)c1ccccc1F. The van der Waals surface area contributed by atoms with Gasteiger partial charge in [0.1, 0.15) is 17.9 Å². The maximum atomic E-state index is 14.2. The van der Waals surface area contributed by atoms with Crippen LogP contribution in [0.1, 0.15) is 27.1 Å². The second kappa shape index (κ2) is 7.85. The third-order valence-corrected chi connectivity index (χ3v) is 4.36. The minimum absolute atomic E-state index is 0.102. The molecule has 10 heteroatoms. The molecule has 0 spiro atoms. The zero-order valence-corrected chi connectivity index (χ0v) is 14.9. The lowest BCUT2D eigenvalue weighted by Crippen LogP contribution is -2.43. The van der Waals surface area contributed by atoms with Crippen LogP contribution >= 0.6 is 0 Å². The lowest BCUT2D eigenvalue weighted by atomic mass is 10.1. The van der Waals surface area contributed by atoms with E-state index in [-0.39, 0.29) is 29.8 Å². The van der Waals surface area contributed by atoms with Crippen molar-refractivity contribution >= 4 is 29.1 Å². The number of carbonyl (C=O) groups is 3. The highest BCUT2D eigenvalue weighted by atomic mass is 19.1. The van der Waals surface area contributed by atoms with E-state index in [1.807, 2.05) is 6.07 Å². The van der Waals surface area contributed by atoms with Gasteiger partial charge in [-0.05, 0) is 18.2 Å². The van der Waals surface area contributed by atoms with Crippen molar-refractivity contribution in [2.24, 2.45) is 0 Å². The molecule has 0 radical (unpaired) electrons. The van der Waals surface area contributed by atoms with Gasteiger partial charge in [-0.15, -0.1) is 0 Å². The summed E-state index contributed by atoms with van der Waals surface area (Å²) in [5.74, 6) is -3.34. The number of nitriles is 1. The molecular formula is C19H13FN4O5. The molecule has 9 nitrogen and oxygen atoms in total. The third-order valence-electron chi connectivity index (χ3n) is 4.36. The zero-order chi connectivity index (χ0) is 21.1. The summed E-state index contributed by atoms with van der Waals surface area (Å²) in [4.78, 5) is 49.9. The van der Waals surface area contributed by atoms with Crippen molar-refractivity contribution in [1.82, 2.24) is 4.90 Å². The van der Waals surface area contributed by atoms with Crippen molar-refractivity contribution in [3.05, 3.63) is 69.5 Å². The average molecular weight is 396 g/mol. The van der Waals surface area contributed by atoms with Crippen LogP contribution in [0.2, 0.25) is 0 Å². The van der Waals surface area contributed by atoms with E-state index in [0.717, 1.165) is 17.0 Å². The van der Waals surface area contributed by atoms with Gasteiger partial charge >= 0.3 is 0 Å². The minimum atomic E-state index is -0.973. The van der Waals surface area contributed by atoms with Crippen molar-refractivity contribution in [2.75, 3.05) is 18.0 Å². The van der Waals surface area contributed by atoms with E-state index < -0.39 is 40.7 Å². The van der Waals surface area contributed by atoms with Gasteiger partial charge in [-0.3, -0.25) is 29.4 Å². The van der Waals surface area contributed by atoms with Gasteiger partial charge in [-0.2, -0.15) is 5.26 Å². The van der Waals surface area contributed by atoms with Crippen LogP contribution in [0.4, 0.5) is 15.8 Å². The molecule has 2 aromatic carbocycles. The van der Waals surface area contributed by atoms with Gasteiger partial charge in [-0.1, -0.05) is 18.2 Å². The van der Waals surface area contributed by atoms with Crippen LogP contribution in [-0.4, -0.2) is 40.6 Å². The lowest BCUT2D eigenvalue weighted by Gasteiger charge is -2.24. The number of imide groups is 1. The molecule has 0 unspecified atom stereocenters. The molecule has 0 saturated carbocycles. The number of halogens is 1. The Balaban J connectivity index is 1.91. The number of anilines is 1. The number of nitrogens with zero attached hydrogens (tertiary/aromatic N) is 4. The Morgan fingerprint density at radius 1 is 1.17 bits per heavy atom. The van der Waals surface area contributed by atoms with Gasteiger partial charge in [0.25, 0.3) is 17.5 Å². The normalized spacial score (nSPS) is 12.5. The average Bonchev–Trinajstić information content (AvgIpc) is 2.94. The number of hydrogen-bond donors (Lipinski definition) is 0. The summed E-state index contributed by atoms with van der Waals surface area (Å²) in [6.07, 6.45) is -0.104. The van der Waals surface area contributed by atoms with E-state index in [0.29, 0.717) is 4.90 Å². The number of para-hydroxylation sites is 1. The van der Waals surface area contributed by atoms with Gasteiger partial charge in [0.2, 0.25) is 5.91 Å². The van der Waals surface area contributed by atoms with Crippen LogP contribution in [-0.2, 0) is 4.79 Å². The first-order valence-electron chi connectivity index (χ1n) is 8.42. The summed E-state index contributed by atoms with van der Waals surface area (Å²) in [6.45, 7) is -0.900. The lowest BCUT2D eigenvalue weighted by molar-refractivity contribution is -0.385. The largest absolute Gasteiger partial charge is 0.307 e. The Bertz CT molecular complexity index is 1080. The van der Waals surface area contributed by atoms with Crippen molar-refractivity contribution in [3.63, 3.8) is 0 Å². The molecule has 3 amide bonds. The zero-order valence-electron chi connectivity index (χ0n) is 14.9. The van der Waals surface area contributed by atoms with E-state index in [9.17, 15) is 28.9 Å². The number of rotatable bonds is 6. The number of amides is 3. The summed E-state index contributed by atoms with van der Waals surface area (Å²) in [5, 5.41) is 20.0.